The third-order valence-electron chi connectivity index (χ3n) is 3.24. The van der Waals surface area contributed by atoms with E-state index >= 15 is 0 Å². The van der Waals surface area contributed by atoms with Crippen molar-refractivity contribution in [3.8, 4) is 5.75 Å². The standard InChI is InChI=1S/C16H26FNO/c1-4-5-6-7-14(3)18-10-11-19-16-12-15(17)9-8-13(16)2/h8-9,12,14,18H,4-7,10-11H2,1-3H3. The Bertz CT molecular complexity index is 368. The largest absolute Gasteiger partial charge is 0.492 e. The van der Waals surface area contributed by atoms with Gasteiger partial charge in [0.1, 0.15) is 18.2 Å². The van der Waals surface area contributed by atoms with E-state index in [4.69, 9.17) is 4.74 Å². The van der Waals surface area contributed by atoms with Crippen molar-refractivity contribution >= 4 is 0 Å². The second-order valence-corrected chi connectivity index (χ2v) is 5.11. The number of hydrogen-bond donors (Lipinski definition) is 1. The van der Waals surface area contributed by atoms with Crippen LogP contribution in [0.3, 0.4) is 0 Å². The molecule has 1 unspecified atom stereocenters. The van der Waals surface area contributed by atoms with Crippen LogP contribution in [0.1, 0.15) is 45.1 Å². The number of aryl methyl sites for hydroxylation is 1. The minimum absolute atomic E-state index is 0.249. The van der Waals surface area contributed by atoms with Crippen LogP contribution >= 0.6 is 0 Å². The van der Waals surface area contributed by atoms with E-state index in [-0.39, 0.29) is 5.82 Å². The van der Waals surface area contributed by atoms with Crippen LogP contribution in [0.2, 0.25) is 0 Å². The molecule has 1 aromatic carbocycles. The first-order valence-electron chi connectivity index (χ1n) is 7.25. The molecule has 19 heavy (non-hydrogen) atoms. The van der Waals surface area contributed by atoms with Crippen LogP contribution in [0.4, 0.5) is 4.39 Å². The van der Waals surface area contributed by atoms with Gasteiger partial charge in [0.25, 0.3) is 0 Å². The predicted molar refractivity (Wildman–Crippen MR) is 78.2 cm³/mol. The molecule has 1 rings (SSSR count). The summed E-state index contributed by atoms with van der Waals surface area (Å²) < 4.78 is 18.7. The third-order valence-corrected chi connectivity index (χ3v) is 3.24. The van der Waals surface area contributed by atoms with E-state index in [9.17, 15) is 4.39 Å². The van der Waals surface area contributed by atoms with Gasteiger partial charge >= 0.3 is 0 Å². The lowest BCUT2D eigenvalue weighted by molar-refractivity contribution is 0.301. The molecule has 0 saturated carbocycles. The van der Waals surface area contributed by atoms with Crippen LogP contribution in [0, 0.1) is 12.7 Å². The fourth-order valence-corrected chi connectivity index (χ4v) is 2.00. The molecule has 0 aromatic heterocycles. The second-order valence-electron chi connectivity index (χ2n) is 5.11. The summed E-state index contributed by atoms with van der Waals surface area (Å²) >= 11 is 0. The van der Waals surface area contributed by atoms with E-state index in [2.05, 4.69) is 19.2 Å². The van der Waals surface area contributed by atoms with Crippen LogP contribution in [0.25, 0.3) is 0 Å². The van der Waals surface area contributed by atoms with Gasteiger partial charge in [0.15, 0.2) is 0 Å². The van der Waals surface area contributed by atoms with Crippen molar-refractivity contribution in [2.45, 2.75) is 52.5 Å². The Hall–Kier alpha value is -1.09. The van der Waals surface area contributed by atoms with Gasteiger partial charge in [-0.25, -0.2) is 4.39 Å². The van der Waals surface area contributed by atoms with Gasteiger partial charge in [0.05, 0.1) is 0 Å². The molecular formula is C16H26FNO. The Balaban J connectivity index is 2.18. The monoisotopic (exact) mass is 267 g/mol. The molecule has 108 valence electrons. The summed E-state index contributed by atoms with van der Waals surface area (Å²) in [6.45, 7) is 7.71. The van der Waals surface area contributed by atoms with Crippen molar-refractivity contribution < 1.29 is 9.13 Å². The normalized spacial score (nSPS) is 12.4. The number of hydrogen-bond acceptors (Lipinski definition) is 2. The first kappa shape index (κ1) is 16.0. The number of ether oxygens (including phenoxy) is 1. The van der Waals surface area contributed by atoms with E-state index in [0.29, 0.717) is 18.4 Å². The Morgan fingerprint density at radius 1 is 1.32 bits per heavy atom. The molecule has 0 bridgehead atoms. The minimum Gasteiger partial charge on any atom is -0.492 e. The van der Waals surface area contributed by atoms with Crippen LogP contribution in [-0.4, -0.2) is 19.2 Å². The molecule has 0 aliphatic carbocycles. The van der Waals surface area contributed by atoms with E-state index in [1.807, 2.05) is 6.92 Å². The maximum atomic E-state index is 13.1. The van der Waals surface area contributed by atoms with E-state index in [0.717, 1.165) is 12.1 Å². The van der Waals surface area contributed by atoms with Gasteiger partial charge in [-0.3, -0.25) is 0 Å². The first-order valence-corrected chi connectivity index (χ1v) is 7.25. The zero-order valence-corrected chi connectivity index (χ0v) is 12.3. The van der Waals surface area contributed by atoms with Crippen molar-refractivity contribution in [3.63, 3.8) is 0 Å². The zero-order chi connectivity index (χ0) is 14.1. The van der Waals surface area contributed by atoms with E-state index in [1.54, 1.807) is 6.07 Å². The maximum absolute atomic E-state index is 13.1. The van der Waals surface area contributed by atoms with Gasteiger partial charge in [0.2, 0.25) is 0 Å². The summed E-state index contributed by atoms with van der Waals surface area (Å²) in [5.74, 6) is 0.391. The Kier molecular flexibility index (Phi) is 7.49. The van der Waals surface area contributed by atoms with Gasteiger partial charge in [-0.15, -0.1) is 0 Å². The van der Waals surface area contributed by atoms with Crippen LogP contribution in [-0.2, 0) is 0 Å². The summed E-state index contributed by atoms with van der Waals surface area (Å²) in [5, 5.41) is 3.43. The molecule has 3 heteroatoms. The highest BCUT2D eigenvalue weighted by atomic mass is 19.1. The molecule has 2 nitrogen and oxygen atoms in total. The number of benzene rings is 1. The maximum Gasteiger partial charge on any atom is 0.126 e. The highest BCUT2D eigenvalue weighted by Crippen LogP contribution is 2.18. The molecule has 0 heterocycles. The molecule has 1 atom stereocenters. The smallest absolute Gasteiger partial charge is 0.126 e. The summed E-state index contributed by atoms with van der Waals surface area (Å²) in [4.78, 5) is 0. The minimum atomic E-state index is -0.249. The Labute approximate surface area is 116 Å². The molecule has 0 aliphatic rings. The lowest BCUT2D eigenvalue weighted by Gasteiger charge is -2.14. The molecule has 0 spiro atoms. The molecule has 0 saturated heterocycles. The molecule has 1 aromatic rings. The number of nitrogens with one attached hydrogen (secondary N) is 1. The summed E-state index contributed by atoms with van der Waals surface area (Å²) in [6, 6.07) is 5.16. The van der Waals surface area contributed by atoms with Crippen molar-refractivity contribution in [2.24, 2.45) is 0 Å². The SMILES string of the molecule is CCCCCC(C)NCCOc1cc(F)ccc1C. The molecule has 0 fully saturated rings. The van der Waals surface area contributed by atoms with Crippen LogP contribution in [0.15, 0.2) is 18.2 Å². The van der Waals surface area contributed by atoms with Gasteiger partial charge in [-0.05, 0) is 31.9 Å². The highest BCUT2D eigenvalue weighted by molar-refractivity contribution is 5.32. The Morgan fingerprint density at radius 3 is 2.84 bits per heavy atom. The predicted octanol–water partition coefficient (Wildman–Crippen LogP) is 4.07. The van der Waals surface area contributed by atoms with Gasteiger partial charge in [0, 0.05) is 18.7 Å². The summed E-state index contributed by atoms with van der Waals surface area (Å²) in [7, 11) is 0. The fraction of sp³-hybridized carbons (Fsp3) is 0.625. The van der Waals surface area contributed by atoms with Gasteiger partial charge < -0.3 is 10.1 Å². The Morgan fingerprint density at radius 2 is 2.11 bits per heavy atom. The van der Waals surface area contributed by atoms with Crippen molar-refractivity contribution in [1.82, 2.24) is 5.32 Å². The summed E-state index contributed by atoms with van der Waals surface area (Å²) in [6.07, 6.45) is 5.03. The molecule has 1 N–H and O–H groups in total. The average Bonchev–Trinajstić information content (AvgIpc) is 2.39. The average molecular weight is 267 g/mol. The lowest BCUT2D eigenvalue weighted by atomic mass is 10.1. The fourth-order valence-electron chi connectivity index (χ4n) is 2.00. The molecule has 0 radical (unpaired) electrons. The van der Waals surface area contributed by atoms with E-state index in [1.165, 1.54) is 37.8 Å². The zero-order valence-electron chi connectivity index (χ0n) is 12.3. The molecule has 0 amide bonds. The van der Waals surface area contributed by atoms with Crippen molar-refractivity contribution in [1.29, 1.82) is 0 Å². The lowest BCUT2D eigenvalue weighted by Crippen LogP contribution is -2.30. The molecular weight excluding hydrogens is 241 g/mol. The van der Waals surface area contributed by atoms with E-state index < -0.39 is 0 Å². The third kappa shape index (κ3) is 6.58. The number of halogens is 1. The topological polar surface area (TPSA) is 21.3 Å². The highest BCUT2D eigenvalue weighted by Gasteiger charge is 2.03. The molecule has 0 aliphatic heterocycles. The summed E-state index contributed by atoms with van der Waals surface area (Å²) in [5.41, 5.74) is 0.970. The van der Waals surface area contributed by atoms with Crippen LogP contribution in [0.5, 0.6) is 5.75 Å². The quantitative estimate of drug-likeness (QED) is 0.681. The number of rotatable bonds is 9. The number of unbranched alkanes of at least 4 members (excludes halogenated alkanes) is 2. The first-order chi connectivity index (χ1) is 9.13. The van der Waals surface area contributed by atoms with Gasteiger partial charge in [-0.1, -0.05) is 32.3 Å². The van der Waals surface area contributed by atoms with Crippen molar-refractivity contribution in [2.75, 3.05) is 13.2 Å². The van der Waals surface area contributed by atoms with Gasteiger partial charge in [-0.2, -0.15) is 0 Å². The second kappa shape index (κ2) is 8.92. The van der Waals surface area contributed by atoms with Crippen molar-refractivity contribution in [3.05, 3.63) is 29.6 Å². The van der Waals surface area contributed by atoms with Crippen LogP contribution < -0.4 is 10.1 Å².